The molecule has 2 N–H and O–H groups in total. The van der Waals surface area contributed by atoms with Gasteiger partial charge < -0.3 is 15.2 Å². The molecule has 6 heteroatoms. The Bertz CT molecular complexity index is 751. The first kappa shape index (κ1) is 25.0. The average Bonchev–Trinajstić information content (AvgIpc) is 2.69. The van der Waals surface area contributed by atoms with Crippen molar-refractivity contribution in [2.75, 3.05) is 19.7 Å². The van der Waals surface area contributed by atoms with Crippen LogP contribution in [-0.4, -0.2) is 30.8 Å². The highest BCUT2D eigenvalue weighted by molar-refractivity contribution is 6.32. The van der Waals surface area contributed by atoms with Crippen LogP contribution in [0.15, 0.2) is 54.6 Å². The zero-order valence-electron chi connectivity index (χ0n) is 16.5. The van der Waals surface area contributed by atoms with Crippen molar-refractivity contribution >= 4 is 36.1 Å². The van der Waals surface area contributed by atoms with Crippen molar-refractivity contribution in [2.45, 2.75) is 32.1 Å². The molecule has 4 nitrogen and oxygen atoms in total. The highest BCUT2D eigenvalue weighted by Gasteiger charge is 2.01. The van der Waals surface area contributed by atoms with E-state index in [0.29, 0.717) is 24.7 Å². The third-order valence-corrected chi connectivity index (χ3v) is 4.60. The maximum Gasteiger partial charge on any atom is 0.304 e. The van der Waals surface area contributed by atoms with Gasteiger partial charge in [-0.05, 0) is 55.0 Å². The number of nitrogens with one attached hydrogen (secondary N) is 1. The third-order valence-electron chi connectivity index (χ3n) is 4.27. The fourth-order valence-corrected chi connectivity index (χ4v) is 2.98. The molecule has 2 rings (SSSR count). The zero-order chi connectivity index (χ0) is 20.0. The number of ether oxygens (including phenoxy) is 1. The number of aliphatic carboxylic acids is 1. The van der Waals surface area contributed by atoms with Gasteiger partial charge >= 0.3 is 5.97 Å². The Labute approximate surface area is 184 Å². The normalized spacial score (nSPS) is 10.7. The van der Waals surface area contributed by atoms with E-state index in [4.69, 9.17) is 21.4 Å². The van der Waals surface area contributed by atoms with E-state index in [2.05, 4.69) is 29.6 Å². The smallest absolute Gasteiger partial charge is 0.304 e. The summed E-state index contributed by atoms with van der Waals surface area (Å²) in [7, 11) is 0. The number of benzene rings is 2. The van der Waals surface area contributed by atoms with E-state index in [1.54, 1.807) is 0 Å². The lowest BCUT2D eigenvalue weighted by Gasteiger charge is -2.08. The van der Waals surface area contributed by atoms with Crippen molar-refractivity contribution in [1.29, 1.82) is 0 Å². The summed E-state index contributed by atoms with van der Waals surface area (Å²) in [6.45, 7) is 1.74. The van der Waals surface area contributed by atoms with Crippen molar-refractivity contribution in [3.8, 4) is 5.75 Å². The lowest BCUT2D eigenvalue weighted by molar-refractivity contribution is -0.136. The Hall–Kier alpha value is -2.01. The standard InChI is InChI=1S/C23H28ClNO3.ClH/c24-22-18-21(13-12-20(22)11-7-15-25-16-14-23(26)27)28-17-6-2-5-10-19-8-3-1-4-9-19;/h1,3-4,7-9,11-13,18,25H,2,5-6,10,14-17H2,(H,26,27);1H. The van der Waals surface area contributed by atoms with Gasteiger partial charge in [0.05, 0.1) is 18.1 Å². The molecule has 0 saturated heterocycles. The molecule has 2 aromatic carbocycles. The summed E-state index contributed by atoms with van der Waals surface area (Å²) in [6.07, 6.45) is 8.40. The summed E-state index contributed by atoms with van der Waals surface area (Å²) in [5.74, 6) is -0.0175. The molecule has 29 heavy (non-hydrogen) atoms. The Balaban J connectivity index is 0.00000420. The monoisotopic (exact) mass is 437 g/mol. The molecular formula is C23H29Cl2NO3. The van der Waals surface area contributed by atoms with Crippen molar-refractivity contribution in [3.63, 3.8) is 0 Å². The lowest BCUT2D eigenvalue weighted by atomic mass is 10.1. The Kier molecular flexibility index (Phi) is 12.9. The Morgan fingerprint density at radius 1 is 1.10 bits per heavy atom. The second-order valence-corrected chi connectivity index (χ2v) is 6.99. The SMILES string of the molecule is Cl.O=C(O)CCNCC=Cc1ccc(OCCCCCc2ccccc2)cc1Cl. The number of halogens is 2. The largest absolute Gasteiger partial charge is 0.494 e. The molecule has 0 spiro atoms. The number of carbonyl (C=O) groups is 1. The van der Waals surface area contributed by atoms with Crippen LogP contribution in [-0.2, 0) is 11.2 Å². The van der Waals surface area contributed by atoms with E-state index in [9.17, 15) is 4.79 Å². The maximum absolute atomic E-state index is 10.4. The van der Waals surface area contributed by atoms with Gasteiger partial charge in [-0.3, -0.25) is 4.79 Å². The second kappa shape index (κ2) is 14.9. The van der Waals surface area contributed by atoms with Crippen LogP contribution in [0.4, 0.5) is 0 Å². The molecule has 0 aliphatic heterocycles. The summed E-state index contributed by atoms with van der Waals surface area (Å²) in [6, 6.07) is 16.2. The van der Waals surface area contributed by atoms with Crippen LogP contribution in [0.5, 0.6) is 5.75 Å². The fraction of sp³-hybridized carbons (Fsp3) is 0.348. The van der Waals surface area contributed by atoms with Crippen LogP contribution in [0.3, 0.4) is 0 Å². The molecular weight excluding hydrogens is 409 g/mol. The van der Waals surface area contributed by atoms with Gasteiger partial charge in [-0.25, -0.2) is 0 Å². The number of rotatable bonds is 13. The Morgan fingerprint density at radius 2 is 1.90 bits per heavy atom. The van der Waals surface area contributed by atoms with Crippen LogP contribution in [0.25, 0.3) is 6.08 Å². The summed E-state index contributed by atoms with van der Waals surface area (Å²) in [4.78, 5) is 10.4. The summed E-state index contributed by atoms with van der Waals surface area (Å²) in [5.41, 5.74) is 2.30. The molecule has 0 unspecified atom stereocenters. The van der Waals surface area contributed by atoms with E-state index in [-0.39, 0.29) is 18.8 Å². The van der Waals surface area contributed by atoms with E-state index < -0.39 is 5.97 Å². The van der Waals surface area contributed by atoms with Gasteiger partial charge in [0.25, 0.3) is 0 Å². The second-order valence-electron chi connectivity index (χ2n) is 6.58. The molecule has 0 aliphatic rings. The van der Waals surface area contributed by atoms with Crippen LogP contribution < -0.4 is 10.1 Å². The van der Waals surface area contributed by atoms with Crippen LogP contribution in [0.1, 0.15) is 36.8 Å². The minimum atomic E-state index is -0.800. The summed E-state index contributed by atoms with van der Waals surface area (Å²) < 4.78 is 5.80. The van der Waals surface area contributed by atoms with Gasteiger partial charge in [0.2, 0.25) is 0 Å². The first-order valence-corrected chi connectivity index (χ1v) is 10.1. The van der Waals surface area contributed by atoms with Gasteiger partial charge in [-0.1, -0.05) is 54.1 Å². The lowest BCUT2D eigenvalue weighted by Crippen LogP contribution is -2.17. The molecule has 0 bridgehead atoms. The molecule has 0 heterocycles. The highest BCUT2D eigenvalue weighted by atomic mass is 35.5. The molecule has 0 saturated carbocycles. The fourth-order valence-electron chi connectivity index (χ4n) is 2.74. The third kappa shape index (κ3) is 10.9. The molecule has 158 valence electrons. The summed E-state index contributed by atoms with van der Waals surface area (Å²) >= 11 is 6.31. The zero-order valence-corrected chi connectivity index (χ0v) is 18.1. The maximum atomic E-state index is 10.4. The Morgan fingerprint density at radius 3 is 2.62 bits per heavy atom. The molecule has 2 aromatic rings. The summed E-state index contributed by atoms with van der Waals surface area (Å²) in [5, 5.41) is 12.3. The molecule has 0 radical (unpaired) electrons. The van der Waals surface area contributed by atoms with Gasteiger partial charge in [-0.15, -0.1) is 12.4 Å². The van der Waals surface area contributed by atoms with Crippen LogP contribution in [0.2, 0.25) is 5.02 Å². The van der Waals surface area contributed by atoms with E-state index in [0.717, 1.165) is 30.6 Å². The molecule has 0 amide bonds. The van der Waals surface area contributed by atoms with E-state index in [1.165, 1.54) is 12.0 Å². The number of carboxylic acid groups (broad SMARTS) is 1. The molecule has 0 fully saturated rings. The highest BCUT2D eigenvalue weighted by Crippen LogP contribution is 2.24. The van der Waals surface area contributed by atoms with Gasteiger partial charge in [0.15, 0.2) is 0 Å². The first-order chi connectivity index (χ1) is 13.6. The van der Waals surface area contributed by atoms with Gasteiger partial charge in [-0.2, -0.15) is 0 Å². The van der Waals surface area contributed by atoms with E-state index >= 15 is 0 Å². The predicted octanol–water partition coefficient (Wildman–Crippen LogP) is 5.63. The number of unbranched alkanes of at least 4 members (excludes halogenated alkanes) is 2. The molecule has 0 atom stereocenters. The number of carboxylic acids is 1. The van der Waals surface area contributed by atoms with E-state index in [1.807, 2.05) is 36.4 Å². The minimum Gasteiger partial charge on any atom is -0.494 e. The number of aryl methyl sites for hydroxylation is 1. The molecule has 0 aliphatic carbocycles. The van der Waals surface area contributed by atoms with Gasteiger partial charge in [0.1, 0.15) is 5.75 Å². The topological polar surface area (TPSA) is 58.6 Å². The van der Waals surface area contributed by atoms with Crippen molar-refractivity contribution in [2.24, 2.45) is 0 Å². The quantitative estimate of drug-likeness (QED) is 0.398. The van der Waals surface area contributed by atoms with Crippen LogP contribution >= 0.6 is 24.0 Å². The van der Waals surface area contributed by atoms with Crippen LogP contribution in [0, 0.1) is 0 Å². The van der Waals surface area contributed by atoms with Crippen molar-refractivity contribution in [1.82, 2.24) is 5.32 Å². The minimum absolute atomic E-state index is 0. The van der Waals surface area contributed by atoms with Gasteiger partial charge in [0, 0.05) is 13.1 Å². The average molecular weight is 438 g/mol. The molecule has 0 aromatic heterocycles. The van der Waals surface area contributed by atoms with Crippen molar-refractivity contribution < 1.29 is 14.6 Å². The number of hydrogen-bond donors (Lipinski definition) is 2. The first-order valence-electron chi connectivity index (χ1n) is 9.70. The predicted molar refractivity (Wildman–Crippen MR) is 122 cm³/mol. The van der Waals surface area contributed by atoms with Crippen molar-refractivity contribution in [3.05, 3.63) is 70.8 Å². The number of hydrogen-bond acceptors (Lipinski definition) is 3.